The monoisotopic (exact) mass is 398 g/mol. The Morgan fingerprint density at radius 1 is 1.17 bits per heavy atom. The first kappa shape index (κ1) is 21.0. The van der Waals surface area contributed by atoms with E-state index in [1.54, 1.807) is 4.90 Å². The fourth-order valence-electron chi connectivity index (χ4n) is 3.38. The highest BCUT2D eigenvalue weighted by atomic mass is 16.6. The summed E-state index contributed by atoms with van der Waals surface area (Å²) in [6.45, 7) is 7.41. The topological polar surface area (TPSA) is 67.9 Å². The molecule has 6 heteroatoms. The highest BCUT2D eigenvalue weighted by Gasteiger charge is 2.22. The molecule has 2 amide bonds. The van der Waals surface area contributed by atoms with E-state index in [1.165, 1.54) is 5.56 Å². The molecule has 29 heavy (non-hydrogen) atoms. The normalized spacial score (nSPS) is 16.0. The molecule has 0 atom stereocenters. The van der Waals surface area contributed by atoms with Crippen molar-refractivity contribution < 1.29 is 19.1 Å². The molecule has 0 spiro atoms. The Bertz CT molecular complexity index is 821. The van der Waals surface area contributed by atoms with Crippen molar-refractivity contribution in [1.82, 2.24) is 10.2 Å². The maximum absolute atomic E-state index is 12.5. The van der Waals surface area contributed by atoms with Gasteiger partial charge in [0.15, 0.2) is 0 Å². The molecule has 156 valence electrons. The molecule has 0 aromatic heterocycles. The zero-order valence-electron chi connectivity index (χ0n) is 17.5. The lowest BCUT2D eigenvalue weighted by Gasteiger charge is -2.29. The van der Waals surface area contributed by atoms with Crippen LogP contribution in [0.2, 0.25) is 0 Å². The Kier molecular flexibility index (Phi) is 6.62. The molecule has 0 bridgehead atoms. The number of hydrogen-bond acceptors (Lipinski definition) is 4. The van der Waals surface area contributed by atoms with Crippen molar-refractivity contribution in [3.63, 3.8) is 0 Å². The fourth-order valence-corrected chi connectivity index (χ4v) is 3.38. The van der Waals surface area contributed by atoms with E-state index in [0.29, 0.717) is 26.2 Å². The lowest BCUT2D eigenvalue weighted by Crippen LogP contribution is -2.37. The van der Waals surface area contributed by atoms with Crippen LogP contribution in [0.1, 0.15) is 50.3 Å². The number of ether oxygens (including phenoxy) is 2. The fraction of sp³-hybridized carbons (Fsp3) is 0.478. The molecule has 1 N–H and O–H groups in total. The Labute approximate surface area is 172 Å². The first-order chi connectivity index (χ1) is 13.8. The summed E-state index contributed by atoms with van der Waals surface area (Å²) in [4.78, 5) is 26.1. The molecule has 0 unspecified atom stereocenters. The number of fused-ring (bicyclic) bond motifs is 1. The highest BCUT2D eigenvalue weighted by molar-refractivity contribution is 5.69. The molecular formula is C23H30N2O4. The third kappa shape index (κ3) is 6.38. The molecule has 0 saturated carbocycles. The number of nitrogens with one attached hydrogen (secondary N) is 1. The van der Waals surface area contributed by atoms with E-state index >= 15 is 0 Å². The zero-order valence-corrected chi connectivity index (χ0v) is 17.5. The van der Waals surface area contributed by atoms with Gasteiger partial charge in [-0.2, -0.15) is 0 Å². The summed E-state index contributed by atoms with van der Waals surface area (Å²) < 4.78 is 10.8. The molecule has 0 fully saturated rings. The van der Waals surface area contributed by atoms with Crippen LogP contribution in [-0.2, 0) is 29.0 Å². The quantitative estimate of drug-likeness (QED) is 0.812. The third-order valence-corrected chi connectivity index (χ3v) is 4.86. The van der Waals surface area contributed by atoms with Gasteiger partial charge in [0.1, 0.15) is 12.2 Å². The minimum absolute atomic E-state index is 0.275. The SMILES string of the molecule is CC(C)(C)OC(=O)NCc1ccc2c(c1)CN(C(=O)OCC1=CC=CCC1)CC2. The van der Waals surface area contributed by atoms with Crippen LogP contribution in [0, 0.1) is 0 Å². The molecule has 1 heterocycles. The van der Waals surface area contributed by atoms with E-state index < -0.39 is 11.7 Å². The molecule has 2 aliphatic rings. The van der Waals surface area contributed by atoms with Gasteiger partial charge in [0.05, 0.1) is 0 Å². The van der Waals surface area contributed by atoms with Crippen LogP contribution in [0.25, 0.3) is 0 Å². The smallest absolute Gasteiger partial charge is 0.410 e. The van der Waals surface area contributed by atoms with Gasteiger partial charge >= 0.3 is 12.2 Å². The van der Waals surface area contributed by atoms with Crippen LogP contribution >= 0.6 is 0 Å². The molecule has 1 aromatic rings. The molecule has 1 aliphatic carbocycles. The predicted molar refractivity (Wildman–Crippen MR) is 111 cm³/mol. The van der Waals surface area contributed by atoms with Crippen molar-refractivity contribution in [2.75, 3.05) is 13.2 Å². The minimum atomic E-state index is -0.523. The van der Waals surface area contributed by atoms with Gasteiger partial charge in [0.2, 0.25) is 0 Å². The highest BCUT2D eigenvalue weighted by Crippen LogP contribution is 2.22. The first-order valence-electron chi connectivity index (χ1n) is 10.1. The van der Waals surface area contributed by atoms with Gasteiger partial charge in [0, 0.05) is 19.6 Å². The van der Waals surface area contributed by atoms with Gasteiger partial charge in [-0.1, -0.05) is 36.4 Å². The number of hydrogen-bond donors (Lipinski definition) is 1. The summed E-state index contributed by atoms with van der Waals surface area (Å²) in [6.07, 6.45) is 8.18. The largest absolute Gasteiger partial charge is 0.445 e. The number of nitrogens with zero attached hydrogens (tertiary/aromatic N) is 1. The molecule has 6 nitrogen and oxygen atoms in total. The Morgan fingerprint density at radius 2 is 2.00 bits per heavy atom. The zero-order chi connectivity index (χ0) is 20.9. The van der Waals surface area contributed by atoms with Gasteiger partial charge in [0.25, 0.3) is 0 Å². The van der Waals surface area contributed by atoms with Gasteiger partial charge in [-0.15, -0.1) is 0 Å². The van der Waals surface area contributed by atoms with Crippen LogP contribution in [0.15, 0.2) is 42.0 Å². The van der Waals surface area contributed by atoms with Crippen LogP contribution in [0.3, 0.4) is 0 Å². The summed E-state index contributed by atoms with van der Waals surface area (Å²) in [5, 5.41) is 2.77. The van der Waals surface area contributed by atoms with E-state index in [0.717, 1.165) is 36.0 Å². The number of allylic oxidation sites excluding steroid dienone is 3. The standard InChI is InChI=1S/C23H30N2O4/c1-23(2,3)29-21(26)24-14-18-9-10-19-11-12-25(15-20(19)13-18)22(27)28-16-17-7-5-4-6-8-17/h4-5,7,9-10,13H,6,8,11-12,14-16H2,1-3H3,(H,24,26). The van der Waals surface area contributed by atoms with Crippen molar-refractivity contribution in [1.29, 1.82) is 0 Å². The molecule has 1 aromatic carbocycles. The predicted octanol–water partition coefficient (Wildman–Crippen LogP) is 4.48. The second-order valence-electron chi connectivity index (χ2n) is 8.48. The van der Waals surface area contributed by atoms with Gasteiger partial charge < -0.3 is 19.7 Å². The Morgan fingerprint density at radius 3 is 2.72 bits per heavy atom. The van der Waals surface area contributed by atoms with E-state index in [4.69, 9.17) is 9.47 Å². The number of amides is 2. The number of rotatable bonds is 4. The summed E-state index contributed by atoms with van der Waals surface area (Å²) in [6, 6.07) is 6.12. The van der Waals surface area contributed by atoms with E-state index in [2.05, 4.69) is 17.5 Å². The number of benzene rings is 1. The summed E-state index contributed by atoms with van der Waals surface area (Å²) >= 11 is 0. The van der Waals surface area contributed by atoms with E-state index in [9.17, 15) is 9.59 Å². The van der Waals surface area contributed by atoms with Crippen LogP contribution in [0.5, 0.6) is 0 Å². The van der Waals surface area contributed by atoms with Crippen molar-refractivity contribution in [2.45, 2.75) is 58.7 Å². The lowest BCUT2D eigenvalue weighted by atomic mass is 9.97. The Balaban J connectivity index is 1.54. The van der Waals surface area contributed by atoms with Crippen LogP contribution in [0.4, 0.5) is 9.59 Å². The van der Waals surface area contributed by atoms with Crippen LogP contribution < -0.4 is 5.32 Å². The first-order valence-corrected chi connectivity index (χ1v) is 10.1. The van der Waals surface area contributed by atoms with Crippen molar-refractivity contribution in [3.05, 3.63) is 58.7 Å². The van der Waals surface area contributed by atoms with E-state index in [1.807, 2.05) is 45.1 Å². The average molecular weight is 399 g/mol. The van der Waals surface area contributed by atoms with E-state index in [-0.39, 0.29) is 6.09 Å². The summed E-state index contributed by atoms with van der Waals surface area (Å²) in [7, 11) is 0. The summed E-state index contributed by atoms with van der Waals surface area (Å²) in [5.41, 5.74) is 3.93. The van der Waals surface area contributed by atoms with Gasteiger partial charge in [-0.05, 0) is 62.3 Å². The molecule has 0 radical (unpaired) electrons. The summed E-state index contributed by atoms with van der Waals surface area (Å²) in [5.74, 6) is 0. The third-order valence-electron chi connectivity index (χ3n) is 4.86. The maximum atomic E-state index is 12.5. The van der Waals surface area contributed by atoms with Crippen molar-refractivity contribution in [2.24, 2.45) is 0 Å². The maximum Gasteiger partial charge on any atom is 0.410 e. The minimum Gasteiger partial charge on any atom is -0.445 e. The van der Waals surface area contributed by atoms with Crippen LogP contribution in [-0.4, -0.2) is 35.8 Å². The van der Waals surface area contributed by atoms with Gasteiger partial charge in [-0.25, -0.2) is 9.59 Å². The second-order valence-corrected chi connectivity index (χ2v) is 8.48. The van der Waals surface area contributed by atoms with Crippen molar-refractivity contribution >= 4 is 12.2 Å². The number of carbonyl (C=O) groups excluding carboxylic acids is 2. The molecular weight excluding hydrogens is 368 g/mol. The molecule has 0 saturated heterocycles. The van der Waals surface area contributed by atoms with Gasteiger partial charge in [-0.3, -0.25) is 0 Å². The average Bonchev–Trinajstić information content (AvgIpc) is 2.69. The number of carbonyl (C=O) groups is 2. The second kappa shape index (κ2) is 9.16. The lowest BCUT2D eigenvalue weighted by molar-refractivity contribution is 0.0523. The molecule has 3 rings (SSSR count). The van der Waals surface area contributed by atoms with Crippen molar-refractivity contribution in [3.8, 4) is 0 Å². The Hall–Kier alpha value is -2.76. The molecule has 1 aliphatic heterocycles. The number of alkyl carbamates (subject to hydrolysis) is 1.